The molecule has 0 amide bonds. The van der Waals surface area contributed by atoms with Crippen LogP contribution in [0.25, 0.3) is 12.2 Å². The van der Waals surface area contributed by atoms with Crippen LogP contribution in [-0.4, -0.2) is 4.98 Å². The van der Waals surface area contributed by atoms with Gasteiger partial charge in [0, 0.05) is 11.4 Å². The zero-order valence-corrected chi connectivity index (χ0v) is 9.53. The van der Waals surface area contributed by atoms with Gasteiger partial charge in [0.15, 0.2) is 0 Å². The second-order valence-electron chi connectivity index (χ2n) is 4.21. The molecule has 0 unspecified atom stereocenters. The average molecular weight is 213 g/mol. The molecule has 1 aromatic rings. The third-order valence-electron chi connectivity index (χ3n) is 2.66. The lowest BCUT2D eigenvalue weighted by atomic mass is 10.0. The molecule has 16 heavy (non-hydrogen) atoms. The van der Waals surface area contributed by atoms with Crippen molar-refractivity contribution in [2.75, 3.05) is 0 Å². The first-order valence-corrected chi connectivity index (χ1v) is 5.46. The summed E-state index contributed by atoms with van der Waals surface area (Å²) in [6, 6.07) is 3.38. The third-order valence-corrected chi connectivity index (χ3v) is 2.66. The zero-order valence-electron chi connectivity index (χ0n) is 9.53. The van der Waals surface area contributed by atoms with Crippen molar-refractivity contribution in [1.29, 1.82) is 0 Å². The first kappa shape index (κ1) is 10.7. The number of aromatic nitrogens is 1. The molecule has 1 N–H and O–H groups in total. The highest BCUT2D eigenvalue weighted by atomic mass is 16.1. The van der Waals surface area contributed by atoms with Crippen LogP contribution in [-0.2, 0) is 0 Å². The number of hydrogen-bond donors (Lipinski definition) is 1. The predicted octanol–water partition coefficient (Wildman–Crippen LogP) is 1.09. The van der Waals surface area contributed by atoms with Crippen molar-refractivity contribution in [3.63, 3.8) is 0 Å². The van der Waals surface area contributed by atoms with Crippen molar-refractivity contribution in [1.82, 2.24) is 4.98 Å². The van der Waals surface area contributed by atoms with Crippen molar-refractivity contribution in [3.8, 4) is 0 Å². The summed E-state index contributed by atoms with van der Waals surface area (Å²) in [6.45, 7) is 4.31. The van der Waals surface area contributed by atoms with Gasteiger partial charge in [-0.05, 0) is 28.9 Å². The number of H-pyrrole nitrogens is 1. The van der Waals surface area contributed by atoms with Crippen LogP contribution < -0.4 is 16.1 Å². The van der Waals surface area contributed by atoms with Crippen LogP contribution in [0.5, 0.6) is 0 Å². The van der Waals surface area contributed by atoms with E-state index in [2.05, 4.69) is 31.0 Å². The highest BCUT2D eigenvalue weighted by molar-refractivity contribution is 5.49. The number of rotatable bonds is 1. The summed E-state index contributed by atoms with van der Waals surface area (Å²) >= 11 is 0. The van der Waals surface area contributed by atoms with Crippen LogP contribution in [0.2, 0.25) is 0 Å². The van der Waals surface area contributed by atoms with Crippen molar-refractivity contribution in [2.24, 2.45) is 5.92 Å². The number of hydrogen-bond acceptors (Lipinski definition) is 1. The van der Waals surface area contributed by atoms with Gasteiger partial charge in [-0.15, -0.1) is 0 Å². The topological polar surface area (TPSA) is 32.9 Å². The molecule has 1 aliphatic carbocycles. The Morgan fingerprint density at radius 3 is 2.69 bits per heavy atom. The summed E-state index contributed by atoms with van der Waals surface area (Å²) in [5.74, 6) is 0.484. The lowest BCUT2D eigenvalue weighted by Crippen LogP contribution is -2.33. The molecule has 2 nitrogen and oxygen atoms in total. The molecule has 82 valence electrons. The smallest absolute Gasteiger partial charge is 0.248 e. The quantitative estimate of drug-likeness (QED) is 0.744. The summed E-state index contributed by atoms with van der Waals surface area (Å²) in [6.07, 6.45) is 10.2. The van der Waals surface area contributed by atoms with Gasteiger partial charge in [-0.1, -0.05) is 38.2 Å². The normalized spacial score (nSPS) is 18.6. The molecule has 0 aromatic carbocycles. The minimum Gasteiger partial charge on any atom is -0.322 e. The van der Waals surface area contributed by atoms with Crippen LogP contribution in [0.4, 0.5) is 0 Å². The van der Waals surface area contributed by atoms with Crippen molar-refractivity contribution in [3.05, 3.63) is 56.9 Å². The minimum absolute atomic E-state index is 0.0625. The van der Waals surface area contributed by atoms with Gasteiger partial charge in [0.05, 0.1) is 0 Å². The molecular weight excluding hydrogens is 198 g/mol. The van der Waals surface area contributed by atoms with Crippen molar-refractivity contribution >= 4 is 12.2 Å². The Kier molecular flexibility index (Phi) is 2.91. The van der Waals surface area contributed by atoms with Gasteiger partial charge in [0.2, 0.25) is 5.56 Å². The molecular formula is C14H15NO. The van der Waals surface area contributed by atoms with Gasteiger partial charge < -0.3 is 4.98 Å². The van der Waals surface area contributed by atoms with E-state index in [1.54, 1.807) is 6.07 Å². The van der Waals surface area contributed by atoms with E-state index < -0.39 is 0 Å². The average Bonchev–Trinajstić information content (AvgIpc) is 2.20. The van der Waals surface area contributed by atoms with Crippen LogP contribution in [0.1, 0.15) is 13.8 Å². The lowest BCUT2D eigenvalue weighted by Gasteiger charge is -2.05. The van der Waals surface area contributed by atoms with E-state index in [1.807, 2.05) is 24.3 Å². The molecule has 0 fully saturated rings. The van der Waals surface area contributed by atoms with Crippen LogP contribution in [0.3, 0.4) is 0 Å². The van der Waals surface area contributed by atoms with E-state index >= 15 is 0 Å². The Bertz CT molecular complexity index is 615. The Labute approximate surface area is 94.3 Å². The summed E-state index contributed by atoms with van der Waals surface area (Å²) < 4.78 is 0. The maximum atomic E-state index is 11.2. The fraction of sp³-hybridized carbons (Fsp3) is 0.214. The SMILES string of the molecule is CC(C)C1=C/C=c2/[nH]c(=O)cc/c2=C/C=C1. The molecule has 0 radical (unpaired) electrons. The van der Waals surface area contributed by atoms with E-state index in [1.165, 1.54) is 5.57 Å². The number of pyridine rings is 1. The summed E-state index contributed by atoms with van der Waals surface area (Å²) in [4.78, 5) is 14.1. The zero-order chi connectivity index (χ0) is 11.5. The first-order chi connectivity index (χ1) is 7.66. The standard InChI is InChI=1S/C14H15NO/c1-10(2)11-4-3-5-12-7-9-14(16)15-13(12)8-6-11/h3-10H,1-2H3,(H,15,16)/b4-3?,5-3?,8-6?,11-4?,11-6?,12-5-,13-8+. The van der Waals surface area contributed by atoms with Crippen LogP contribution >= 0.6 is 0 Å². The molecule has 0 saturated heterocycles. The fourth-order valence-electron chi connectivity index (χ4n) is 1.67. The van der Waals surface area contributed by atoms with E-state index in [-0.39, 0.29) is 5.56 Å². The van der Waals surface area contributed by atoms with E-state index in [9.17, 15) is 4.79 Å². The maximum absolute atomic E-state index is 11.2. The van der Waals surface area contributed by atoms with E-state index in [4.69, 9.17) is 0 Å². The van der Waals surface area contributed by atoms with Gasteiger partial charge >= 0.3 is 0 Å². The fourth-order valence-corrected chi connectivity index (χ4v) is 1.67. The van der Waals surface area contributed by atoms with Crippen LogP contribution in [0, 0.1) is 5.92 Å². The molecule has 2 rings (SSSR count). The number of nitrogens with one attached hydrogen (secondary N) is 1. The number of allylic oxidation sites excluding steroid dienone is 4. The maximum Gasteiger partial charge on any atom is 0.248 e. The van der Waals surface area contributed by atoms with Gasteiger partial charge in [-0.25, -0.2) is 0 Å². The second kappa shape index (κ2) is 4.35. The molecule has 0 atom stereocenters. The van der Waals surface area contributed by atoms with E-state index in [0.29, 0.717) is 5.92 Å². The minimum atomic E-state index is -0.0625. The van der Waals surface area contributed by atoms with Gasteiger partial charge in [0.25, 0.3) is 0 Å². The summed E-state index contributed by atoms with van der Waals surface area (Å²) in [5.41, 5.74) is 1.19. The molecule has 1 aromatic heterocycles. The highest BCUT2D eigenvalue weighted by Gasteiger charge is 1.98. The largest absolute Gasteiger partial charge is 0.322 e. The number of aromatic amines is 1. The number of fused-ring (bicyclic) bond motifs is 1. The van der Waals surface area contributed by atoms with Crippen molar-refractivity contribution < 1.29 is 0 Å². The van der Waals surface area contributed by atoms with Crippen LogP contribution in [0.15, 0.2) is 40.7 Å². The van der Waals surface area contributed by atoms with Crippen molar-refractivity contribution in [2.45, 2.75) is 13.8 Å². The highest BCUT2D eigenvalue weighted by Crippen LogP contribution is 2.11. The molecule has 1 aliphatic rings. The van der Waals surface area contributed by atoms with Gasteiger partial charge in [-0.3, -0.25) is 4.79 Å². The second-order valence-corrected chi connectivity index (χ2v) is 4.21. The molecule has 1 heterocycles. The molecule has 0 spiro atoms. The summed E-state index contributed by atoms with van der Waals surface area (Å²) in [5, 5.41) is 1.91. The Hall–Kier alpha value is -1.83. The molecule has 0 saturated carbocycles. The third kappa shape index (κ3) is 2.22. The summed E-state index contributed by atoms with van der Waals surface area (Å²) in [7, 11) is 0. The Balaban J connectivity index is 2.67. The predicted molar refractivity (Wildman–Crippen MR) is 67.3 cm³/mol. The monoisotopic (exact) mass is 213 g/mol. The van der Waals surface area contributed by atoms with E-state index in [0.717, 1.165) is 10.6 Å². The molecule has 0 bridgehead atoms. The molecule has 2 heteroatoms. The Morgan fingerprint density at radius 2 is 1.94 bits per heavy atom. The first-order valence-electron chi connectivity index (χ1n) is 5.46. The Morgan fingerprint density at radius 1 is 1.12 bits per heavy atom. The van der Waals surface area contributed by atoms with Gasteiger partial charge in [-0.2, -0.15) is 0 Å². The molecule has 0 aliphatic heterocycles. The lowest BCUT2D eigenvalue weighted by molar-refractivity contribution is 0.792. The van der Waals surface area contributed by atoms with Gasteiger partial charge in [0.1, 0.15) is 0 Å².